The molecule has 3 N–H and O–H groups in total. The fourth-order valence-electron chi connectivity index (χ4n) is 3.23. The topological polar surface area (TPSA) is 120 Å². The average Bonchev–Trinajstić information content (AvgIpc) is 3.26. The number of nitrogens with one attached hydrogen (secondary N) is 2. The first-order valence-electron chi connectivity index (χ1n) is 8.36. The molecule has 2 amide bonds. The van der Waals surface area contributed by atoms with Crippen LogP contribution in [0.5, 0.6) is 0 Å². The number of aldehydes is 1. The number of aromatic amines is 1. The maximum Gasteiger partial charge on any atom is 0.305 e. The predicted molar refractivity (Wildman–Crippen MR) is 92.6 cm³/mol. The third-order valence-corrected chi connectivity index (χ3v) is 4.46. The number of fused-ring (bicyclic) bond motifs is 1. The van der Waals surface area contributed by atoms with E-state index in [0.29, 0.717) is 31.4 Å². The lowest BCUT2D eigenvalue weighted by molar-refractivity contribution is -0.139. The summed E-state index contributed by atoms with van der Waals surface area (Å²) in [5, 5.41) is 12.1. The number of carboxylic acids is 1. The summed E-state index contributed by atoms with van der Waals surface area (Å²) in [6, 6.07) is 7.40. The van der Waals surface area contributed by atoms with Crippen LogP contribution < -0.4 is 5.32 Å². The minimum atomic E-state index is -1.18. The molecule has 1 aliphatic rings. The zero-order valence-electron chi connectivity index (χ0n) is 14.0. The second-order valence-corrected chi connectivity index (χ2v) is 6.28. The van der Waals surface area contributed by atoms with Gasteiger partial charge in [0.25, 0.3) is 5.91 Å². The van der Waals surface area contributed by atoms with Crippen LogP contribution in [0.1, 0.15) is 29.8 Å². The number of amides is 2. The molecular weight excluding hydrogens is 338 g/mol. The van der Waals surface area contributed by atoms with Gasteiger partial charge in [-0.2, -0.15) is 0 Å². The third kappa shape index (κ3) is 3.58. The summed E-state index contributed by atoms with van der Waals surface area (Å²) in [7, 11) is 0. The molecule has 1 aromatic carbocycles. The van der Waals surface area contributed by atoms with E-state index in [0.717, 1.165) is 10.9 Å². The van der Waals surface area contributed by atoms with Gasteiger partial charge in [-0.25, -0.2) is 0 Å². The first-order valence-corrected chi connectivity index (χ1v) is 8.36. The molecule has 0 aliphatic carbocycles. The highest BCUT2D eigenvalue weighted by atomic mass is 16.4. The van der Waals surface area contributed by atoms with Gasteiger partial charge in [0, 0.05) is 17.4 Å². The number of aliphatic carboxylic acids is 1. The molecule has 2 aromatic rings. The molecule has 8 nitrogen and oxygen atoms in total. The van der Waals surface area contributed by atoms with Gasteiger partial charge in [0.2, 0.25) is 5.91 Å². The summed E-state index contributed by atoms with van der Waals surface area (Å²) in [6.07, 6.45) is 1.04. The fourth-order valence-corrected chi connectivity index (χ4v) is 3.23. The Balaban J connectivity index is 1.74. The minimum Gasteiger partial charge on any atom is -0.481 e. The first-order chi connectivity index (χ1) is 12.5. The molecule has 1 fully saturated rings. The van der Waals surface area contributed by atoms with Gasteiger partial charge in [-0.15, -0.1) is 0 Å². The van der Waals surface area contributed by atoms with E-state index < -0.39 is 30.4 Å². The molecule has 136 valence electrons. The quantitative estimate of drug-likeness (QED) is 0.665. The van der Waals surface area contributed by atoms with Crippen molar-refractivity contribution in [3.8, 4) is 0 Å². The molecule has 2 atom stereocenters. The number of H-pyrrole nitrogens is 1. The van der Waals surface area contributed by atoms with Crippen LogP contribution in [0.3, 0.4) is 0 Å². The fraction of sp³-hybridized carbons (Fsp3) is 0.333. The molecule has 2 heterocycles. The lowest BCUT2D eigenvalue weighted by atomic mass is 10.1. The number of carbonyl (C=O) groups excluding carboxylic acids is 3. The van der Waals surface area contributed by atoms with E-state index >= 15 is 0 Å². The molecule has 0 bridgehead atoms. The Morgan fingerprint density at radius 2 is 2.12 bits per heavy atom. The second kappa shape index (κ2) is 7.38. The second-order valence-electron chi connectivity index (χ2n) is 6.28. The molecule has 8 heteroatoms. The van der Waals surface area contributed by atoms with Crippen LogP contribution in [-0.2, 0) is 14.4 Å². The summed E-state index contributed by atoms with van der Waals surface area (Å²) in [6.45, 7) is 0.428. The smallest absolute Gasteiger partial charge is 0.305 e. The first kappa shape index (κ1) is 17.7. The number of nitrogens with zero attached hydrogens (tertiary/aromatic N) is 1. The van der Waals surface area contributed by atoms with E-state index in [-0.39, 0.29) is 5.91 Å². The standard InChI is InChI=1S/C18H19N3O5/c22-10-12(9-16(23)24)19-17(25)15-6-3-7-21(15)18(26)14-8-11-4-1-2-5-13(11)20-14/h1-2,4-5,8,10,12,15,20H,3,6-7,9H2,(H,19,25)(H,23,24)/t12?,15-/m1/s1. The highest BCUT2D eigenvalue weighted by molar-refractivity contribution is 6.00. The molecule has 0 radical (unpaired) electrons. The molecule has 1 saturated heterocycles. The number of hydrogen-bond donors (Lipinski definition) is 3. The number of hydrogen-bond acceptors (Lipinski definition) is 4. The van der Waals surface area contributed by atoms with Crippen LogP contribution in [0.4, 0.5) is 0 Å². The average molecular weight is 357 g/mol. The van der Waals surface area contributed by atoms with Crippen LogP contribution in [-0.4, -0.2) is 57.7 Å². The number of rotatable bonds is 6. The summed E-state index contributed by atoms with van der Waals surface area (Å²) < 4.78 is 0. The van der Waals surface area contributed by atoms with Crippen molar-refractivity contribution in [2.45, 2.75) is 31.3 Å². The molecule has 1 unspecified atom stereocenters. The van der Waals surface area contributed by atoms with Crippen LogP contribution in [0.15, 0.2) is 30.3 Å². The number of aromatic nitrogens is 1. The Morgan fingerprint density at radius 3 is 2.81 bits per heavy atom. The molecule has 0 saturated carbocycles. The van der Waals surface area contributed by atoms with Crippen molar-refractivity contribution in [1.82, 2.24) is 15.2 Å². The van der Waals surface area contributed by atoms with Crippen molar-refractivity contribution in [3.05, 3.63) is 36.0 Å². The van der Waals surface area contributed by atoms with Crippen molar-refractivity contribution >= 4 is 35.0 Å². The summed E-state index contributed by atoms with van der Waals surface area (Å²) in [4.78, 5) is 51.5. The number of carboxylic acid groups (broad SMARTS) is 1. The number of benzene rings is 1. The lowest BCUT2D eigenvalue weighted by Crippen LogP contribution is -2.49. The number of likely N-dealkylation sites (tertiary alicyclic amines) is 1. The largest absolute Gasteiger partial charge is 0.481 e. The van der Waals surface area contributed by atoms with E-state index in [2.05, 4.69) is 10.3 Å². The van der Waals surface area contributed by atoms with E-state index in [9.17, 15) is 19.2 Å². The molecule has 26 heavy (non-hydrogen) atoms. The highest BCUT2D eigenvalue weighted by Crippen LogP contribution is 2.22. The Bertz CT molecular complexity index is 826. The van der Waals surface area contributed by atoms with Gasteiger partial charge in [-0.3, -0.25) is 14.4 Å². The van der Waals surface area contributed by atoms with E-state index in [4.69, 9.17) is 5.11 Å². The molecule has 1 aliphatic heterocycles. The zero-order chi connectivity index (χ0) is 18.7. The van der Waals surface area contributed by atoms with Crippen LogP contribution in [0.2, 0.25) is 0 Å². The monoisotopic (exact) mass is 357 g/mol. The van der Waals surface area contributed by atoms with Crippen molar-refractivity contribution in [3.63, 3.8) is 0 Å². The maximum atomic E-state index is 12.8. The highest BCUT2D eigenvalue weighted by Gasteiger charge is 2.36. The third-order valence-electron chi connectivity index (χ3n) is 4.46. The van der Waals surface area contributed by atoms with Gasteiger partial charge < -0.3 is 25.1 Å². The van der Waals surface area contributed by atoms with Gasteiger partial charge in [0.1, 0.15) is 18.0 Å². The van der Waals surface area contributed by atoms with Crippen molar-refractivity contribution in [1.29, 1.82) is 0 Å². The van der Waals surface area contributed by atoms with Crippen LogP contribution in [0, 0.1) is 0 Å². The van der Waals surface area contributed by atoms with E-state index in [1.165, 1.54) is 4.90 Å². The summed E-state index contributed by atoms with van der Waals surface area (Å²) in [5.74, 6) is -1.98. The lowest BCUT2D eigenvalue weighted by Gasteiger charge is -2.24. The molecule has 1 aromatic heterocycles. The zero-order valence-corrected chi connectivity index (χ0v) is 14.0. The van der Waals surface area contributed by atoms with Gasteiger partial charge >= 0.3 is 5.97 Å². The summed E-state index contributed by atoms with van der Waals surface area (Å²) >= 11 is 0. The number of carbonyl (C=O) groups is 4. The van der Waals surface area contributed by atoms with Crippen molar-refractivity contribution in [2.24, 2.45) is 0 Å². The molecular formula is C18H19N3O5. The van der Waals surface area contributed by atoms with Gasteiger partial charge in [0.05, 0.1) is 12.5 Å². The molecule has 0 spiro atoms. The SMILES string of the molecule is O=CC(CC(=O)O)NC(=O)[C@H]1CCCN1C(=O)c1cc2ccccc2[nH]1. The minimum absolute atomic E-state index is 0.292. The van der Waals surface area contributed by atoms with E-state index in [1.54, 1.807) is 6.07 Å². The van der Waals surface area contributed by atoms with Crippen LogP contribution >= 0.6 is 0 Å². The maximum absolute atomic E-state index is 12.8. The van der Waals surface area contributed by atoms with Crippen molar-refractivity contribution in [2.75, 3.05) is 6.54 Å². The molecule has 3 rings (SSSR count). The van der Waals surface area contributed by atoms with Crippen LogP contribution in [0.25, 0.3) is 10.9 Å². The Kier molecular flexibility index (Phi) is 5.01. The normalized spacial score (nSPS) is 17.8. The summed E-state index contributed by atoms with van der Waals surface area (Å²) in [5.41, 5.74) is 1.22. The van der Waals surface area contributed by atoms with Gasteiger partial charge in [0.15, 0.2) is 0 Å². The Labute approximate surface area is 149 Å². The van der Waals surface area contributed by atoms with Crippen molar-refractivity contribution < 1.29 is 24.3 Å². The number of para-hydroxylation sites is 1. The van der Waals surface area contributed by atoms with E-state index in [1.807, 2.05) is 24.3 Å². The Hall–Kier alpha value is -3.16. The van der Waals surface area contributed by atoms with Gasteiger partial charge in [-0.1, -0.05) is 18.2 Å². The van der Waals surface area contributed by atoms with Gasteiger partial charge in [-0.05, 0) is 25.0 Å². The predicted octanol–water partition coefficient (Wildman–Crippen LogP) is 0.931. The Morgan fingerprint density at radius 1 is 1.35 bits per heavy atom.